The number of ether oxygens (including phenoxy) is 2. The lowest BCUT2D eigenvalue weighted by Gasteiger charge is -2.28. The summed E-state index contributed by atoms with van der Waals surface area (Å²) in [6.45, 7) is 2.04. The van der Waals surface area contributed by atoms with Gasteiger partial charge in [0.05, 0.1) is 37.1 Å². The van der Waals surface area contributed by atoms with Crippen LogP contribution in [0.2, 0.25) is 0 Å². The quantitative estimate of drug-likeness (QED) is 0.748. The second-order valence-electron chi connectivity index (χ2n) is 6.47. The summed E-state index contributed by atoms with van der Waals surface area (Å²) in [6.07, 6.45) is 1.55. The summed E-state index contributed by atoms with van der Waals surface area (Å²) in [5.74, 6) is 0.182. The van der Waals surface area contributed by atoms with Crippen molar-refractivity contribution in [1.29, 1.82) is 0 Å². The van der Waals surface area contributed by atoms with Gasteiger partial charge in [0.1, 0.15) is 11.6 Å². The summed E-state index contributed by atoms with van der Waals surface area (Å²) in [7, 11) is 1.60. The molecule has 0 unspecified atom stereocenters. The monoisotopic (exact) mass is 381 g/mol. The van der Waals surface area contributed by atoms with Crippen LogP contribution in [0.25, 0.3) is 10.9 Å². The topological polar surface area (TPSA) is 63.7 Å². The number of methoxy groups -OCH3 is 1. The number of aromatic nitrogens is 1. The van der Waals surface area contributed by atoms with E-state index < -0.39 is 0 Å². The zero-order valence-corrected chi connectivity index (χ0v) is 15.4. The second-order valence-corrected chi connectivity index (χ2v) is 6.47. The molecule has 28 heavy (non-hydrogen) atoms. The third kappa shape index (κ3) is 3.61. The Morgan fingerprint density at radius 2 is 1.93 bits per heavy atom. The molecule has 0 saturated carbocycles. The predicted molar refractivity (Wildman–Crippen MR) is 105 cm³/mol. The first-order valence-corrected chi connectivity index (χ1v) is 9.02. The molecule has 6 nitrogen and oxygen atoms in total. The van der Waals surface area contributed by atoms with Crippen LogP contribution in [0.3, 0.4) is 0 Å². The fourth-order valence-corrected chi connectivity index (χ4v) is 3.22. The minimum absolute atomic E-state index is 0.155. The van der Waals surface area contributed by atoms with E-state index in [2.05, 4.69) is 10.3 Å². The fraction of sp³-hybridized carbons (Fsp3) is 0.238. The largest absolute Gasteiger partial charge is 0.497 e. The maximum atomic E-state index is 14.0. The second kappa shape index (κ2) is 7.82. The molecule has 1 aliphatic heterocycles. The molecule has 144 valence electrons. The number of hydrogen-bond donors (Lipinski definition) is 1. The highest BCUT2D eigenvalue weighted by Crippen LogP contribution is 2.31. The van der Waals surface area contributed by atoms with Crippen molar-refractivity contribution in [3.05, 3.63) is 60.0 Å². The van der Waals surface area contributed by atoms with Gasteiger partial charge in [-0.1, -0.05) is 0 Å². The van der Waals surface area contributed by atoms with Crippen LogP contribution in [0.15, 0.2) is 48.7 Å². The van der Waals surface area contributed by atoms with Crippen molar-refractivity contribution < 1.29 is 18.7 Å². The van der Waals surface area contributed by atoms with Gasteiger partial charge < -0.3 is 19.7 Å². The number of amides is 1. The molecule has 1 amide bonds. The number of carbonyl (C=O) groups excluding carboxylic acids is 1. The molecule has 1 aliphatic rings. The zero-order valence-electron chi connectivity index (χ0n) is 15.4. The Kier molecular flexibility index (Phi) is 5.08. The average Bonchev–Trinajstić information content (AvgIpc) is 2.75. The van der Waals surface area contributed by atoms with E-state index in [1.54, 1.807) is 24.3 Å². The number of rotatable bonds is 4. The summed E-state index contributed by atoms with van der Waals surface area (Å²) < 4.78 is 24.5. The first-order chi connectivity index (χ1) is 13.7. The molecule has 0 bridgehead atoms. The van der Waals surface area contributed by atoms with Crippen LogP contribution in [0.5, 0.6) is 5.75 Å². The van der Waals surface area contributed by atoms with Gasteiger partial charge in [-0.25, -0.2) is 4.39 Å². The molecule has 0 radical (unpaired) electrons. The highest BCUT2D eigenvalue weighted by atomic mass is 19.1. The minimum atomic E-state index is -0.386. The van der Waals surface area contributed by atoms with Gasteiger partial charge in [0, 0.05) is 30.4 Å². The summed E-state index contributed by atoms with van der Waals surface area (Å²) in [6, 6.07) is 11.7. The van der Waals surface area contributed by atoms with Gasteiger partial charge in [-0.2, -0.15) is 0 Å². The number of hydrogen-bond acceptors (Lipinski definition) is 5. The minimum Gasteiger partial charge on any atom is -0.497 e. The predicted octanol–water partition coefficient (Wildman–Crippen LogP) is 3.60. The van der Waals surface area contributed by atoms with Crippen molar-refractivity contribution >= 4 is 28.2 Å². The molecule has 0 spiro atoms. The molecular weight excluding hydrogens is 361 g/mol. The summed E-state index contributed by atoms with van der Waals surface area (Å²) in [4.78, 5) is 19.2. The molecule has 1 aromatic heterocycles. The van der Waals surface area contributed by atoms with Gasteiger partial charge in [0.15, 0.2) is 0 Å². The average molecular weight is 381 g/mol. The molecule has 1 saturated heterocycles. The Labute approximate surface area is 161 Å². The lowest BCUT2D eigenvalue weighted by Crippen LogP contribution is -2.41. The zero-order chi connectivity index (χ0) is 19.5. The van der Waals surface area contributed by atoms with E-state index in [-0.39, 0.29) is 11.7 Å². The Bertz CT molecular complexity index is 1000. The Hall–Kier alpha value is -3.19. The Balaban J connectivity index is 1.79. The molecule has 1 fully saturated rings. The van der Waals surface area contributed by atoms with Crippen molar-refractivity contribution in [3.8, 4) is 5.75 Å². The number of nitrogens with one attached hydrogen (secondary N) is 1. The first-order valence-electron chi connectivity index (χ1n) is 9.02. The number of benzene rings is 2. The first kappa shape index (κ1) is 18.2. The van der Waals surface area contributed by atoms with Crippen LogP contribution in [0.4, 0.5) is 15.8 Å². The van der Waals surface area contributed by atoms with Crippen LogP contribution in [-0.4, -0.2) is 49.2 Å². The molecule has 0 aliphatic carbocycles. The van der Waals surface area contributed by atoms with E-state index in [1.165, 1.54) is 12.1 Å². The molecule has 4 rings (SSSR count). The number of halogens is 1. The van der Waals surface area contributed by atoms with Crippen molar-refractivity contribution in [2.24, 2.45) is 0 Å². The van der Waals surface area contributed by atoms with Crippen LogP contribution in [0.1, 0.15) is 10.4 Å². The third-order valence-electron chi connectivity index (χ3n) is 4.72. The number of carbonyl (C=O) groups is 1. The van der Waals surface area contributed by atoms with Crippen LogP contribution < -0.4 is 10.1 Å². The van der Waals surface area contributed by atoms with Crippen LogP contribution in [0, 0.1) is 5.82 Å². The van der Waals surface area contributed by atoms with Gasteiger partial charge in [-0.15, -0.1) is 0 Å². The van der Waals surface area contributed by atoms with Gasteiger partial charge in [-0.05, 0) is 42.5 Å². The number of morpholine rings is 1. The third-order valence-corrected chi connectivity index (χ3v) is 4.72. The fourth-order valence-electron chi connectivity index (χ4n) is 3.22. The number of pyridine rings is 1. The van der Waals surface area contributed by atoms with Gasteiger partial charge in [0.25, 0.3) is 5.91 Å². The van der Waals surface area contributed by atoms with Crippen molar-refractivity contribution in [3.63, 3.8) is 0 Å². The van der Waals surface area contributed by atoms with Crippen molar-refractivity contribution in [1.82, 2.24) is 9.88 Å². The molecular formula is C21H20FN3O3. The van der Waals surface area contributed by atoms with Gasteiger partial charge in [0.2, 0.25) is 0 Å². The molecule has 0 atom stereocenters. The standard InChI is InChI=1S/C21H20FN3O3/c1-27-16-5-3-15(4-6-16)24-20-17-12-14(22)2-7-19(17)23-13-18(20)21(26)25-8-10-28-11-9-25/h2-7,12-13H,8-11H2,1H3,(H,23,24). The SMILES string of the molecule is COc1ccc(Nc2c(C(=O)N3CCOCC3)cnc3ccc(F)cc23)cc1. The molecule has 7 heteroatoms. The van der Waals surface area contributed by atoms with Crippen LogP contribution >= 0.6 is 0 Å². The highest BCUT2D eigenvalue weighted by molar-refractivity contribution is 6.08. The number of nitrogens with zero attached hydrogens (tertiary/aromatic N) is 2. The van der Waals surface area contributed by atoms with Crippen molar-refractivity contribution in [2.75, 3.05) is 38.7 Å². The summed E-state index contributed by atoms with van der Waals surface area (Å²) in [5.41, 5.74) is 2.30. The van der Waals surface area contributed by atoms with E-state index in [1.807, 2.05) is 24.3 Å². The van der Waals surface area contributed by atoms with Gasteiger partial charge >= 0.3 is 0 Å². The van der Waals surface area contributed by atoms with Gasteiger partial charge in [-0.3, -0.25) is 9.78 Å². The van der Waals surface area contributed by atoms with E-state index in [0.717, 1.165) is 11.4 Å². The normalized spacial score (nSPS) is 14.1. The van der Waals surface area contributed by atoms with E-state index in [4.69, 9.17) is 9.47 Å². The van der Waals surface area contributed by atoms with E-state index >= 15 is 0 Å². The van der Waals surface area contributed by atoms with Crippen molar-refractivity contribution in [2.45, 2.75) is 0 Å². The maximum Gasteiger partial charge on any atom is 0.257 e. The lowest BCUT2D eigenvalue weighted by molar-refractivity contribution is 0.0303. The smallest absolute Gasteiger partial charge is 0.257 e. The Morgan fingerprint density at radius 1 is 1.18 bits per heavy atom. The molecule has 3 aromatic rings. The molecule has 1 N–H and O–H groups in total. The van der Waals surface area contributed by atoms with E-state index in [0.29, 0.717) is 48.5 Å². The summed E-state index contributed by atoms with van der Waals surface area (Å²) >= 11 is 0. The molecule has 2 aromatic carbocycles. The summed E-state index contributed by atoms with van der Waals surface area (Å²) in [5, 5.41) is 3.82. The highest BCUT2D eigenvalue weighted by Gasteiger charge is 2.23. The maximum absolute atomic E-state index is 14.0. The lowest BCUT2D eigenvalue weighted by atomic mass is 10.1. The Morgan fingerprint density at radius 3 is 2.64 bits per heavy atom. The van der Waals surface area contributed by atoms with E-state index in [9.17, 15) is 9.18 Å². The molecule has 2 heterocycles. The number of anilines is 2. The number of fused-ring (bicyclic) bond motifs is 1. The van der Waals surface area contributed by atoms with Crippen LogP contribution in [-0.2, 0) is 4.74 Å².